The monoisotopic (exact) mass is 503 g/mol. The topological polar surface area (TPSA) is 76.7 Å². The maximum absolute atomic E-state index is 13.9. The molecule has 0 saturated heterocycles. The van der Waals surface area contributed by atoms with Crippen molar-refractivity contribution in [3.05, 3.63) is 59.3 Å². The summed E-state index contributed by atoms with van der Waals surface area (Å²) in [4.78, 5) is 16.0. The molecule has 0 bridgehead atoms. The van der Waals surface area contributed by atoms with Crippen molar-refractivity contribution >= 4 is 5.91 Å². The van der Waals surface area contributed by atoms with Crippen LogP contribution in [0.2, 0.25) is 0 Å². The molecule has 3 aromatic rings. The van der Waals surface area contributed by atoms with Crippen LogP contribution in [0.3, 0.4) is 0 Å². The minimum absolute atomic E-state index is 0.0281. The molecule has 0 radical (unpaired) electrons. The Labute approximate surface area is 219 Å². The lowest BCUT2D eigenvalue weighted by molar-refractivity contribution is 0.0605. The summed E-state index contributed by atoms with van der Waals surface area (Å²) in [6.45, 7) is 5.32. The van der Waals surface area contributed by atoms with Gasteiger partial charge in [-0.15, -0.1) is 0 Å². The number of nitrogens with one attached hydrogen (secondary N) is 1. The largest absolute Gasteiger partial charge is 0.497 e. The SMILES string of the molecule is CCCCOc1ccc(C2c3c(-c4ccc(OC)cc4)n[nH]c3C(=O)N2C2CCCCC2)cc1OCC. The van der Waals surface area contributed by atoms with E-state index in [1.165, 1.54) is 6.42 Å². The van der Waals surface area contributed by atoms with E-state index in [1.807, 2.05) is 37.3 Å². The highest BCUT2D eigenvalue weighted by atomic mass is 16.5. The Morgan fingerprint density at radius 2 is 1.78 bits per heavy atom. The molecule has 0 spiro atoms. The van der Waals surface area contributed by atoms with Crippen molar-refractivity contribution in [1.82, 2.24) is 15.1 Å². The second-order valence-corrected chi connectivity index (χ2v) is 9.84. The van der Waals surface area contributed by atoms with Crippen LogP contribution in [0.1, 0.15) is 86.5 Å². The summed E-state index contributed by atoms with van der Waals surface area (Å²) in [5, 5.41) is 7.72. The Morgan fingerprint density at radius 1 is 1.00 bits per heavy atom. The van der Waals surface area contributed by atoms with E-state index in [0.717, 1.165) is 78.2 Å². The van der Waals surface area contributed by atoms with Gasteiger partial charge in [-0.1, -0.05) is 38.7 Å². The molecule has 1 amide bonds. The number of ether oxygens (including phenoxy) is 3. The van der Waals surface area contributed by atoms with Gasteiger partial charge in [0.25, 0.3) is 5.91 Å². The number of nitrogens with zero attached hydrogens (tertiary/aromatic N) is 2. The summed E-state index contributed by atoms with van der Waals surface area (Å²) in [5.74, 6) is 2.28. The van der Waals surface area contributed by atoms with Gasteiger partial charge in [0.15, 0.2) is 11.5 Å². The van der Waals surface area contributed by atoms with Gasteiger partial charge >= 0.3 is 0 Å². The molecule has 1 unspecified atom stereocenters. The van der Waals surface area contributed by atoms with Crippen molar-refractivity contribution in [2.24, 2.45) is 0 Å². The van der Waals surface area contributed by atoms with Crippen LogP contribution in [-0.4, -0.2) is 47.4 Å². The first kappa shape index (κ1) is 25.2. The van der Waals surface area contributed by atoms with E-state index in [9.17, 15) is 4.79 Å². The highest BCUT2D eigenvalue weighted by Crippen LogP contribution is 2.47. The third kappa shape index (κ3) is 4.91. The maximum atomic E-state index is 13.9. The highest BCUT2D eigenvalue weighted by Gasteiger charge is 2.45. The number of amides is 1. The van der Waals surface area contributed by atoms with E-state index < -0.39 is 0 Å². The first-order valence-electron chi connectivity index (χ1n) is 13.6. The van der Waals surface area contributed by atoms with E-state index >= 15 is 0 Å². The predicted molar refractivity (Wildman–Crippen MR) is 143 cm³/mol. The zero-order valence-corrected chi connectivity index (χ0v) is 22.1. The lowest BCUT2D eigenvalue weighted by atomic mass is 9.90. The van der Waals surface area contributed by atoms with Crippen molar-refractivity contribution in [2.75, 3.05) is 20.3 Å². The summed E-state index contributed by atoms with van der Waals surface area (Å²) in [6, 6.07) is 13.9. The summed E-state index contributed by atoms with van der Waals surface area (Å²) in [6.07, 6.45) is 7.62. The number of carbonyl (C=O) groups is 1. The number of methoxy groups -OCH3 is 1. The fourth-order valence-electron chi connectivity index (χ4n) is 5.61. The van der Waals surface area contributed by atoms with E-state index in [0.29, 0.717) is 18.9 Å². The van der Waals surface area contributed by atoms with Gasteiger partial charge in [-0.05, 0) is 68.1 Å². The Kier molecular flexibility index (Phi) is 7.68. The molecule has 1 aliphatic heterocycles. The number of aromatic amines is 1. The Morgan fingerprint density at radius 3 is 2.49 bits per heavy atom. The van der Waals surface area contributed by atoms with Gasteiger partial charge < -0.3 is 19.1 Å². The highest BCUT2D eigenvalue weighted by molar-refractivity contribution is 6.00. The molecule has 7 heteroatoms. The molecular weight excluding hydrogens is 466 g/mol. The van der Waals surface area contributed by atoms with Crippen LogP contribution in [0, 0.1) is 0 Å². The predicted octanol–water partition coefficient (Wildman–Crippen LogP) is 6.54. The Bertz CT molecular complexity index is 1210. The number of H-pyrrole nitrogens is 1. The lowest BCUT2D eigenvalue weighted by Gasteiger charge is -2.36. The molecule has 5 rings (SSSR count). The molecule has 2 aliphatic rings. The lowest BCUT2D eigenvalue weighted by Crippen LogP contribution is -2.40. The average Bonchev–Trinajstić information content (AvgIpc) is 3.49. The Hall–Kier alpha value is -3.48. The van der Waals surface area contributed by atoms with Crippen molar-refractivity contribution in [2.45, 2.75) is 70.9 Å². The van der Waals surface area contributed by atoms with Crippen LogP contribution in [0.4, 0.5) is 0 Å². The van der Waals surface area contributed by atoms with E-state index in [-0.39, 0.29) is 18.0 Å². The number of fused-ring (bicyclic) bond motifs is 1. The third-order valence-electron chi connectivity index (χ3n) is 7.47. The van der Waals surface area contributed by atoms with Crippen molar-refractivity contribution in [3.8, 4) is 28.5 Å². The molecule has 1 N–H and O–H groups in total. The smallest absolute Gasteiger partial charge is 0.273 e. The molecular formula is C30H37N3O4. The fourth-order valence-corrected chi connectivity index (χ4v) is 5.61. The second-order valence-electron chi connectivity index (χ2n) is 9.84. The molecule has 1 atom stereocenters. The molecule has 2 aromatic carbocycles. The summed E-state index contributed by atoms with van der Waals surface area (Å²) in [5.41, 5.74) is 4.28. The van der Waals surface area contributed by atoms with Gasteiger partial charge in [0.05, 0.1) is 32.1 Å². The fraction of sp³-hybridized carbons (Fsp3) is 0.467. The zero-order chi connectivity index (χ0) is 25.8. The number of benzene rings is 2. The van der Waals surface area contributed by atoms with Crippen molar-refractivity contribution in [1.29, 1.82) is 0 Å². The van der Waals surface area contributed by atoms with Crippen LogP contribution in [0.5, 0.6) is 17.2 Å². The first-order valence-corrected chi connectivity index (χ1v) is 13.6. The summed E-state index contributed by atoms with van der Waals surface area (Å²) in [7, 11) is 1.66. The minimum atomic E-state index is -0.245. The van der Waals surface area contributed by atoms with Crippen molar-refractivity contribution in [3.63, 3.8) is 0 Å². The zero-order valence-electron chi connectivity index (χ0n) is 22.1. The van der Waals surface area contributed by atoms with Crippen LogP contribution in [0.15, 0.2) is 42.5 Å². The number of carbonyl (C=O) groups excluding carboxylic acids is 1. The maximum Gasteiger partial charge on any atom is 0.273 e. The number of unbranched alkanes of at least 4 members (excludes halogenated alkanes) is 1. The van der Waals surface area contributed by atoms with Crippen LogP contribution in [0.25, 0.3) is 11.3 Å². The third-order valence-corrected chi connectivity index (χ3v) is 7.47. The van der Waals surface area contributed by atoms with Crippen LogP contribution < -0.4 is 14.2 Å². The van der Waals surface area contributed by atoms with Gasteiger partial charge in [-0.3, -0.25) is 9.89 Å². The molecule has 37 heavy (non-hydrogen) atoms. The molecule has 196 valence electrons. The molecule has 7 nitrogen and oxygen atoms in total. The average molecular weight is 504 g/mol. The van der Waals surface area contributed by atoms with Gasteiger partial charge in [0.1, 0.15) is 11.4 Å². The van der Waals surface area contributed by atoms with Gasteiger partial charge in [0.2, 0.25) is 0 Å². The van der Waals surface area contributed by atoms with E-state index in [2.05, 4.69) is 34.2 Å². The standard InChI is InChI=1S/C30H37N3O4/c1-4-6-18-37-24-17-14-21(19-25(24)36-5-2)29-26-27(20-12-15-23(35-3)16-13-20)31-32-28(26)30(34)33(29)22-10-8-7-9-11-22/h12-17,19,22,29H,4-11,18H2,1-3H3,(H,31,32). The van der Waals surface area contributed by atoms with Gasteiger partial charge in [-0.25, -0.2) is 0 Å². The summed E-state index contributed by atoms with van der Waals surface area (Å²) >= 11 is 0. The second kappa shape index (κ2) is 11.3. The molecule has 1 aromatic heterocycles. The molecule has 2 heterocycles. The molecule has 1 aliphatic carbocycles. The van der Waals surface area contributed by atoms with Crippen molar-refractivity contribution < 1.29 is 19.0 Å². The van der Waals surface area contributed by atoms with Gasteiger partial charge in [0, 0.05) is 17.2 Å². The quantitative estimate of drug-likeness (QED) is 0.318. The summed E-state index contributed by atoms with van der Waals surface area (Å²) < 4.78 is 17.4. The normalized spacial score (nSPS) is 17.6. The molecule has 1 saturated carbocycles. The number of aromatic nitrogens is 2. The van der Waals surface area contributed by atoms with Crippen LogP contribution in [-0.2, 0) is 0 Å². The number of hydrogen-bond acceptors (Lipinski definition) is 5. The van der Waals surface area contributed by atoms with Gasteiger partial charge in [-0.2, -0.15) is 5.10 Å². The Balaban J connectivity index is 1.59. The van der Waals surface area contributed by atoms with E-state index in [4.69, 9.17) is 14.2 Å². The molecule has 1 fully saturated rings. The first-order chi connectivity index (χ1) is 18.2. The van der Waals surface area contributed by atoms with E-state index in [1.54, 1.807) is 7.11 Å². The van der Waals surface area contributed by atoms with Crippen LogP contribution >= 0.6 is 0 Å². The number of rotatable bonds is 10. The number of hydrogen-bond donors (Lipinski definition) is 1. The minimum Gasteiger partial charge on any atom is -0.497 e.